The van der Waals surface area contributed by atoms with E-state index in [1.165, 1.54) is 38.1 Å². The van der Waals surface area contributed by atoms with Gasteiger partial charge in [0.1, 0.15) is 46.3 Å². The van der Waals surface area contributed by atoms with Crippen LogP contribution in [0.4, 0.5) is 17.6 Å². The Hall–Kier alpha value is -5.54. The van der Waals surface area contributed by atoms with Crippen molar-refractivity contribution in [2.75, 3.05) is 0 Å². The van der Waals surface area contributed by atoms with Gasteiger partial charge in [0, 0.05) is 83.4 Å². The lowest BCUT2D eigenvalue weighted by Gasteiger charge is -2.08. The molecule has 0 heterocycles. The van der Waals surface area contributed by atoms with E-state index >= 15 is 0 Å². The SMILES string of the molecule is CC(=O)NCc1ccc(Br)cc1F.CC(=O)NCc1ccc(Oc2ccccc2)cc1F.NCc1ccc(Br)cc1F.NCc1ccc(Oc2ccccc2)cc1F. The van der Waals surface area contributed by atoms with Gasteiger partial charge in [-0.1, -0.05) is 92.5 Å². The van der Waals surface area contributed by atoms with Gasteiger partial charge in [-0.3, -0.25) is 9.59 Å². The minimum Gasteiger partial charge on any atom is -0.457 e. The summed E-state index contributed by atoms with van der Waals surface area (Å²) in [6.45, 7) is 3.64. The summed E-state index contributed by atoms with van der Waals surface area (Å²) in [5.74, 6) is 0.569. The van der Waals surface area contributed by atoms with Crippen molar-refractivity contribution in [3.05, 3.63) is 188 Å². The summed E-state index contributed by atoms with van der Waals surface area (Å²) in [4.78, 5) is 21.3. The molecule has 0 spiro atoms. The highest BCUT2D eigenvalue weighted by Crippen LogP contribution is 2.24. The molecule has 0 saturated carbocycles. The van der Waals surface area contributed by atoms with Crippen LogP contribution in [-0.2, 0) is 35.8 Å². The van der Waals surface area contributed by atoms with Crippen LogP contribution in [0.5, 0.6) is 23.0 Å². The Morgan fingerprint density at radius 2 is 0.810 bits per heavy atom. The Kier molecular flexibility index (Phi) is 20.2. The first-order valence-electron chi connectivity index (χ1n) is 17.6. The van der Waals surface area contributed by atoms with Gasteiger partial charge in [0.2, 0.25) is 11.8 Å². The van der Waals surface area contributed by atoms with Gasteiger partial charge < -0.3 is 31.6 Å². The van der Waals surface area contributed by atoms with E-state index in [1.807, 2.05) is 48.5 Å². The summed E-state index contributed by atoms with van der Waals surface area (Å²) in [7, 11) is 0. The van der Waals surface area contributed by atoms with Gasteiger partial charge in [-0.15, -0.1) is 0 Å². The standard InChI is InChI=1S/C15H14FNO2.C13H12FNO.C9H9BrFNO.C7H7BrFN/c1-11(18)17-10-12-7-8-14(9-15(12)16)19-13-5-3-2-4-6-13;14-13-8-12(7-6-10(13)9-15)16-11-4-2-1-3-5-11;1-6(13)12-5-7-2-3-8(10)4-9(7)11;8-6-2-1-5(4-10)7(9)3-6/h2-9H,10H2,1H3,(H,17,18);1-8H,9,15H2;2-4H,5H2,1H3,(H,12,13);1-3H,4,10H2. The number of hydrogen-bond acceptors (Lipinski definition) is 6. The second-order valence-electron chi connectivity index (χ2n) is 12.0. The molecule has 0 aliphatic carbocycles. The van der Waals surface area contributed by atoms with E-state index in [2.05, 4.69) is 42.5 Å². The van der Waals surface area contributed by atoms with Crippen LogP contribution in [0.1, 0.15) is 36.1 Å². The predicted octanol–water partition coefficient (Wildman–Crippen LogP) is 10.6. The Morgan fingerprint density at radius 3 is 1.14 bits per heavy atom. The van der Waals surface area contributed by atoms with E-state index in [1.54, 1.807) is 60.7 Å². The summed E-state index contributed by atoms with van der Waals surface area (Å²) < 4.78 is 65.4. The van der Waals surface area contributed by atoms with E-state index in [4.69, 9.17) is 20.9 Å². The van der Waals surface area contributed by atoms with Crippen molar-refractivity contribution in [3.63, 3.8) is 0 Å². The van der Waals surface area contributed by atoms with Crippen molar-refractivity contribution in [1.29, 1.82) is 0 Å². The highest BCUT2D eigenvalue weighted by Gasteiger charge is 2.07. The van der Waals surface area contributed by atoms with Crippen LogP contribution in [0, 0.1) is 23.3 Å². The third-order valence-corrected chi connectivity index (χ3v) is 8.52. The maximum Gasteiger partial charge on any atom is 0.217 e. The van der Waals surface area contributed by atoms with Crippen LogP contribution in [0.3, 0.4) is 0 Å². The molecule has 0 aromatic heterocycles. The molecule has 304 valence electrons. The van der Waals surface area contributed by atoms with Crippen molar-refractivity contribution < 1.29 is 36.6 Å². The predicted molar refractivity (Wildman–Crippen MR) is 225 cm³/mol. The summed E-state index contributed by atoms with van der Waals surface area (Å²) in [6, 6.07) is 37.2. The molecule has 2 amide bonds. The monoisotopic (exact) mass is 924 g/mol. The van der Waals surface area contributed by atoms with Crippen molar-refractivity contribution in [2.24, 2.45) is 11.5 Å². The molecule has 8 nitrogen and oxygen atoms in total. The van der Waals surface area contributed by atoms with Crippen molar-refractivity contribution in [3.8, 4) is 23.0 Å². The molecule has 6 aromatic carbocycles. The molecule has 0 atom stereocenters. The molecular weight excluding hydrogens is 884 g/mol. The van der Waals surface area contributed by atoms with Crippen LogP contribution >= 0.6 is 31.9 Å². The first-order valence-corrected chi connectivity index (χ1v) is 19.2. The average Bonchev–Trinajstić information content (AvgIpc) is 3.19. The molecule has 6 N–H and O–H groups in total. The summed E-state index contributed by atoms with van der Waals surface area (Å²) in [5, 5.41) is 5.08. The molecule has 0 radical (unpaired) electrons. The van der Waals surface area contributed by atoms with Crippen LogP contribution in [0.2, 0.25) is 0 Å². The molecule has 0 saturated heterocycles. The van der Waals surface area contributed by atoms with Gasteiger partial charge in [-0.25, -0.2) is 17.6 Å². The van der Waals surface area contributed by atoms with Crippen molar-refractivity contribution in [2.45, 2.75) is 40.0 Å². The maximum absolute atomic E-state index is 13.8. The highest BCUT2D eigenvalue weighted by atomic mass is 79.9. The number of para-hydroxylation sites is 2. The number of benzene rings is 6. The molecule has 0 fully saturated rings. The van der Waals surface area contributed by atoms with E-state index in [-0.39, 0.29) is 55.4 Å². The lowest BCUT2D eigenvalue weighted by Crippen LogP contribution is -2.19. The van der Waals surface area contributed by atoms with Crippen LogP contribution < -0.4 is 31.6 Å². The Morgan fingerprint density at radius 1 is 0.483 bits per heavy atom. The van der Waals surface area contributed by atoms with E-state index < -0.39 is 5.82 Å². The molecule has 0 aliphatic heterocycles. The number of halogens is 6. The van der Waals surface area contributed by atoms with Gasteiger partial charge in [0.15, 0.2) is 0 Å². The number of nitrogens with two attached hydrogens (primary N) is 2. The second-order valence-corrected chi connectivity index (χ2v) is 13.9. The number of nitrogens with one attached hydrogen (secondary N) is 2. The largest absolute Gasteiger partial charge is 0.457 e. The number of amides is 2. The van der Waals surface area contributed by atoms with Crippen LogP contribution in [0.25, 0.3) is 0 Å². The maximum atomic E-state index is 13.8. The molecular formula is C44H42Br2F4N4O4. The van der Waals surface area contributed by atoms with Gasteiger partial charge in [-0.05, 0) is 60.7 Å². The van der Waals surface area contributed by atoms with Gasteiger partial charge in [0.05, 0.1) is 0 Å². The van der Waals surface area contributed by atoms with Gasteiger partial charge in [0.25, 0.3) is 0 Å². The molecule has 0 aliphatic rings. The van der Waals surface area contributed by atoms with Crippen LogP contribution in [-0.4, -0.2) is 11.8 Å². The van der Waals surface area contributed by atoms with Crippen LogP contribution in [0.15, 0.2) is 142 Å². The minimum atomic E-state index is -0.401. The lowest BCUT2D eigenvalue weighted by atomic mass is 10.2. The zero-order chi connectivity index (χ0) is 42.5. The molecule has 0 bridgehead atoms. The van der Waals surface area contributed by atoms with E-state index in [0.29, 0.717) is 49.7 Å². The summed E-state index contributed by atoms with van der Waals surface area (Å²) in [5.41, 5.74) is 12.6. The fourth-order valence-electron chi connectivity index (χ4n) is 4.53. The van der Waals surface area contributed by atoms with Gasteiger partial charge in [-0.2, -0.15) is 0 Å². The molecule has 0 unspecified atom stereocenters. The second kappa shape index (κ2) is 25.0. The van der Waals surface area contributed by atoms with Crippen molar-refractivity contribution >= 4 is 43.7 Å². The van der Waals surface area contributed by atoms with E-state index in [0.717, 1.165) is 4.47 Å². The normalized spacial score (nSPS) is 9.97. The number of rotatable bonds is 10. The molecule has 6 aromatic rings. The minimum absolute atomic E-state index is 0.165. The zero-order valence-electron chi connectivity index (χ0n) is 31.6. The highest BCUT2D eigenvalue weighted by molar-refractivity contribution is 9.10. The molecule has 58 heavy (non-hydrogen) atoms. The average molecular weight is 927 g/mol. The summed E-state index contributed by atoms with van der Waals surface area (Å²) in [6.07, 6.45) is 0. The number of ether oxygens (including phenoxy) is 2. The number of carbonyl (C=O) groups is 2. The van der Waals surface area contributed by atoms with E-state index in [9.17, 15) is 27.2 Å². The first kappa shape index (κ1) is 46.8. The topological polar surface area (TPSA) is 129 Å². The smallest absolute Gasteiger partial charge is 0.217 e. The fourth-order valence-corrected chi connectivity index (χ4v) is 5.20. The number of carbonyl (C=O) groups excluding carboxylic acids is 2. The quantitative estimate of drug-likeness (QED) is 0.101. The van der Waals surface area contributed by atoms with Crippen molar-refractivity contribution in [1.82, 2.24) is 10.6 Å². The fraction of sp³-hybridized carbons (Fsp3) is 0.136. The third-order valence-electron chi connectivity index (χ3n) is 7.53. The Labute approximate surface area is 351 Å². The van der Waals surface area contributed by atoms with Gasteiger partial charge >= 0.3 is 0 Å². The third kappa shape index (κ3) is 17.3. The molecule has 6 rings (SSSR count). The Bertz CT molecular complexity index is 2220. The molecule has 14 heteroatoms. The first-order chi connectivity index (χ1) is 27.8. The zero-order valence-corrected chi connectivity index (χ0v) is 34.8. The lowest BCUT2D eigenvalue weighted by molar-refractivity contribution is -0.120. The number of hydrogen-bond donors (Lipinski definition) is 4. The summed E-state index contributed by atoms with van der Waals surface area (Å²) >= 11 is 6.29. The Balaban J connectivity index is 0.000000212.